The van der Waals surface area contributed by atoms with Crippen LogP contribution in [0.25, 0.3) is 22.2 Å². The first-order valence-electron chi connectivity index (χ1n) is 24.1. The van der Waals surface area contributed by atoms with E-state index >= 15 is 0 Å². The summed E-state index contributed by atoms with van der Waals surface area (Å²) in [5.74, 6) is 0.613. The third-order valence-electron chi connectivity index (χ3n) is 13.3. The summed E-state index contributed by atoms with van der Waals surface area (Å²) in [7, 11) is -2.36. The number of carbonyl (C=O) groups is 4. The Labute approximate surface area is 415 Å². The molecule has 70 heavy (non-hydrogen) atoms. The van der Waals surface area contributed by atoms with E-state index in [1.165, 1.54) is 0 Å². The second kappa shape index (κ2) is 22.2. The number of carbonyl (C=O) groups excluding carboxylic acids is 4. The first-order chi connectivity index (χ1) is 32.8. The molecule has 4 aliphatic rings. The molecule has 0 radical (unpaired) electrons. The van der Waals surface area contributed by atoms with Crippen molar-refractivity contribution in [1.82, 2.24) is 19.9 Å². The predicted molar refractivity (Wildman–Crippen MR) is 269 cm³/mol. The number of rotatable bonds is 11. The Morgan fingerprint density at radius 1 is 1.01 bits per heavy atom. The predicted octanol–water partition coefficient (Wildman–Crippen LogP) is 10.1. The highest BCUT2D eigenvalue weighted by atomic mass is 32.2. The van der Waals surface area contributed by atoms with Gasteiger partial charge >= 0.3 is 12.3 Å². The van der Waals surface area contributed by atoms with Gasteiger partial charge in [-0.3, -0.25) is 19.1 Å². The van der Waals surface area contributed by atoms with Crippen molar-refractivity contribution in [2.75, 3.05) is 13.7 Å². The highest BCUT2D eigenvalue weighted by molar-refractivity contribution is 7.91. The molecule has 3 fully saturated rings. The van der Waals surface area contributed by atoms with Gasteiger partial charge in [0.15, 0.2) is 0 Å². The number of primary amides is 1. The molecule has 394 valence electrons. The fourth-order valence-corrected chi connectivity index (χ4v) is 10.6. The molecule has 1 aromatic heterocycles. The van der Waals surface area contributed by atoms with Crippen LogP contribution in [0.1, 0.15) is 126 Å². The molecule has 2 aliphatic heterocycles. The van der Waals surface area contributed by atoms with E-state index in [4.69, 9.17) is 19.2 Å². The highest BCUT2D eigenvalue weighted by Gasteiger charge is 2.63. The Kier molecular flexibility index (Phi) is 17.6. The molecule has 7 rings (SSSR count). The van der Waals surface area contributed by atoms with Crippen molar-refractivity contribution in [2.24, 2.45) is 23.5 Å². The SMILES string of the molecule is CC.CC(C)(OC(N)=O)C(F)(F)F.CCC1(S(=O)(=O)NC(=O)[C@@]23C[C@H]2/C=C\CC[C@@H](C)C[C@@H](C)CC(=O)N2C[C@H](Oc4cc(-c5ccc(OC(C)C)cc5)nc5cc(OC)ccc45)CC2C(=O)N3)CC1.[HH].[HH].[HH].[HH]. The number of hydrogen-bond donors (Lipinski definition) is 3. The number of amides is 4. The van der Waals surface area contributed by atoms with E-state index in [2.05, 4.69) is 34.4 Å². The Morgan fingerprint density at radius 3 is 2.24 bits per heavy atom. The number of aromatic nitrogens is 1. The van der Waals surface area contributed by atoms with Crippen LogP contribution in [0.15, 0.2) is 60.7 Å². The molecule has 2 aromatic carbocycles. The van der Waals surface area contributed by atoms with Crippen LogP contribution in [-0.4, -0.2) is 96.1 Å². The lowest BCUT2D eigenvalue weighted by molar-refractivity contribution is -0.243. The molecule has 3 aromatic rings. The van der Waals surface area contributed by atoms with Crippen molar-refractivity contribution in [1.29, 1.82) is 0 Å². The van der Waals surface area contributed by atoms with Gasteiger partial charge in [-0.05, 0) is 121 Å². The maximum absolute atomic E-state index is 14.5. The monoisotopic (exact) mass is 1010 g/mol. The highest BCUT2D eigenvalue weighted by Crippen LogP contribution is 2.49. The minimum absolute atomic E-state index is 0. The van der Waals surface area contributed by atoms with Gasteiger partial charge in [-0.15, -0.1) is 0 Å². The van der Waals surface area contributed by atoms with Crippen LogP contribution in [0.5, 0.6) is 17.2 Å². The van der Waals surface area contributed by atoms with Crippen molar-refractivity contribution in [2.45, 2.75) is 160 Å². The number of nitrogens with zero attached hydrogens (tertiary/aromatic N) is 2. The lowest BCUT2D eigenvalue weighted by Crippen LogP contribution is -2.57. The van der Waals surface area contributed by atoms with E-state index in [1.54, 1.807) is 12.0 Å². The van der Waals surface area contributed by atoms with Gasteiger partial charge < -0.3 is 34.9 Å². The molecule has 0 spiro atoms. The molecule has 19 heteroatoms. The van der Waals surface area contributed by atoms with E-state index in [0.29, 0.717) is 47.9 Å². The van der Waals surface area contributed by atoms with Crippen molar-refractivity contribution in [3.63, 3.8) is 0 Å². The molecule has 15 nitrogen and oxygen atoms in total. The average molecular weight is 1010 g/mol. The van der Waals surface area contributed by atoms with Gasteiger partial charge in [-0.25, -0.2) is 18.2 Å². The molecule has 4 N–H and O–H groups in total. The summed E-state index contributed by atoms with van der Waals surface area (Å²) in [6.45, 7) is 15.6. The Balaban J connectivity index is 0.00000144. The fourth-order valence-electron chi connectivity index (χ4n) is 8.92. The molecule has 6 atom stereocenters. The first kappa shape index (κ1) is 55.3. The molecule has 0 bridgehead atoms. The van der Waals surface area contributed by atoms with Crippen LogP contribution in [-0.2, 0) is 29.1 Å². The van der Waals surface area contributed by atoms with Crippen LogP contribution in [0.2, 0.25) is 0 Å². The summed E-state index contributed by atoms with van der Waals surface area (Å²) in [6, 6.07) is 14.2. The second-order valence-electron chi connectivity index (χ2n) is 19.4. The zero-order chi connectivity index (χ0) is 52.0. The number of halogens is 3. The number of alkyl halides is 3. The van der Waals surface area contributed by atoms with E-state index in [0.717, 1.165) is 49.8 Å². The standard InChI is InChI=1S/C44H56N4O8S.C5H8F3NO2.C2H6.4H2/c1-7-43(18-19-43)57(52,53)47-42(51)44-25-31(44)11-9-8-10-28(4)20-29(5)21-40(49)48-26-34(23-38(48)41(50)46-44)56-39-24-36(30-12-14-32(15-13-30)55-27(2)3)45-37-22-33(54-6)16-17-35(37)39;1-4(2,5(6,7)8)11-3(9)10;1-2;;;;/h9,11-17,22,24,27-29,31,34,38H,7-8,10,18-21,23,25-26H2,1-6H3,(H,46,50)(H,47,51);1-2H3,(H2,9,10);1-2H3;4*1H/b11-9-;;;;;;/t28-,29-,31-,34-,38?,44-;;;;;;/m1....../s1. The molecule has 1 unspecified atom stereocenters. The van der Waals surface area contributed by atoms with Gasteiger partial charge in [-0.1, -0.05) is 46.8 Å². The summed E-state index contributed by atoms with van der Waals surface area (Å²) >= 11 is 0. The normalized spacial score (nSPS) is 24.9. The number of hydrogen-bond acceptors (Lipinski definition) is 11. The van der Waals surface area contributed by atoms with E-state index in [1.807, 2.05) is 95.3 Å². The smallest absolute Gasteiger partial charge is 0.427 e. The van der Waals surface area contributed by atoms with Gasteiger partial charge in [0.05, 0.1) is 35.7 Å². The van der Waals surface area contributed by atoms with E-state index in [-0.39, 0.29) is 55.4 Å². The lowest BCUT2D eigenvalue weighted by atomic mass is 9.91. The molecule has 1 saturated heterocycles. The molecular formula is C51H78F3N5O10S. The topological polar surface area (TPSA) is 206 Å². The zero-order valence-corrected chi connectivity index (χ0v) is 42.7. The Hall–Kier alpha value is -5.59. The van der Waals surface area contributed by atoms with Crippen molar-refractivity contribution < 1.29 is 65.4 Å². The van der Waals surface area contributed by atoms with E-state index in [9.17, 15) is 40.8 Å². The molecule has 4 amide bonds. The molecule has 3 heterocycles. The van der Waals surface area contributed by atoms with Crippen LogP contribution < -0.4 is 30.0 Å². The van der Waals surface area contributed by atoms with Gasteiger partial charge in [0.1, 0.15) is 34.9 Å². The van der Waals surface area contributed by atoms with Gasteiger partial charge in [0.25, 0.3) is 5.91 Å². The number of methoxy groups -OCH3 is 1. The zero-order valence-electron chi connectivity index (χ0n) is 41.9. The quantitative estimate of drug-likeness (QED) is 0.154. The summed E-state index contributed by atoms with van der Waals surface area (Å²) in [5.41, 5.74) is 2.63. The molecule has 2 aliphatic carbocycles. The third kappa shape index (κ3) is 13.0. The Morgan fingerprint density at radius 2 is 1.67 bits per heavy atom. The first-order valence-corrected chi connectivity index (χ1v) is 25.6. The maximum atomic E-state index is 14.5. The summed E-state index contributed by atoms with van der Waals surface area (Å²) in [6.07, 6.45) is 2.04. The van der Waals surface area contributed by atoms with Gasteiger partial charge in [0.2, 0.25) is 27.4 Å². The fraction of sp³-hybridized carbons (Fsp3) is 0.588. The van der Waals surface area contributed by atoms with Crippen LogP contribution in [0.4, 0.5) is 18.0 Å². The third-order valence-corrected chi connectivity index (χ3v) is 15.5. The maximum Gasteiger partial charge on any atom is 0.427 e. The lowest BCUT2D eigenvalue weighted by Gasteiger charge is -2.28. The number of nitrogens with two attached hydrogens (primary N) is 1. The number of ether oxygens (including phenoxy) is 4. The number of sulfonamides is 1. The Bertz CT molecular complexity index is 2520. The summed E-state index contributed by atoms with van der Waals surface area (Å²) in [5, 5.41) is 3.73. The van der Waals surface area contributed by atoms with E-state index < -0.39 is 62.1 Å². The molecular weight excluding hydrogens is 932 g/mol. The minimum atomic E-state index is -4.60. The van der Waals surface area contributed by atoms with Gasteiger partial charge in [0, 0.05) is 47.5 Å². The van der Waals surface area contributed by atoms with Crippen molar-refractivity contribution in [3.05, 3.63) is 60.7 Å². The number of pyridine rings is 1. The van der Waals surface area contributed by atoms with Crippen LogP contribution in [0.3, 0.4) is 0 Å². The van der Waals surface area contributed by atoms with Crippen LogP contribution in [0, 0.1) is 17.8 Å². The summed E-state index contributed by atoms with van der Waals surface area (Å²) in [4.78, 5) is 59.1. The van der Waals surface area contributed by atoms with Crippen molar-refractivity contribution >= 4 is 44.7 Å². The number of benzene rings is 2. The minimum Gasteiger partial charge on any atom is -0.497 e. The second-order valence-corrected chi connectivity index (χ2v) is 21.5. The van der Waals surface area contributed by atoms with Gasteiger partial charge in [-0.2, -0.15) is 13.2 Å². The average Bonchev–Trinajstić information content (AvgIpc) is 4.19. The largest absolute Gasteiger partial charge is 0.497 e. The number of fused-ring (bicyclic) bond motifs is 3. The van der Waals surface area contributed by atoms with Crippen molar-refractivity contribution in [3.8, 4) is 28.5 Å². The number of nitrogens with one attached hydrogen (secondary N) is 2. The molecule has 2 saturated carbocycles. The summed E-state index contributed by atoms with van der Waals surface area (Å²) < 4.78 is 85.7. The van der Waals surface area contributed by atoms with Crippen LogP contribution >= 0.6 is 0 Å². The number of allylic oxidation sites excluding steroid dienone is 1.